The number of carboxylic acid groups (broad SMARTS) is 1. The lowest BCUT2D eigenvalue weighted by Gasteiger charge is -2.35. The first-order valence-corrected chi connectivity index (χ1v) is 12.2. The topological polar surface area (TPSA) is 94.1 Å². The average Bonchev–Trinajstić information content (AvgIpc) is 2.86. The molecule has 35 heavy (non-hydrogen) atoms. The van der Waals surface area contributed by atoms with Crippen molar-refractivity contribution in [1.29, 1.82) is 0 Å². The van der Waals surface area contributed by atoms with Crippen molar-refractivity contribution in [2.24, 2.45) is 0 Å². The maximum atomic E-state index is 11.7. The molecule has 3 N–H and O–H groups in total. The molecule has 0 bridgehead atoms. The molecule has 1 unspecified atom stereocenters. The molecular formula is C27H38N4O4. The van der Waals surface area contributed by atoms with Crippen LogP contribution in [0.25, 0.3) is 0 Å². The van der Waals surface area contributed by atoms with Gasteiger partial charge in [-0.2, -0.15) is 0 Å². The molecule has 2 heterocycles. The van der Waals surface area contributed by atoms with Gasteiger partial charge < -0.3 is 25.4 Å². The first-order valence-electron chi connectivity index (χ1n) is 12.2. The zero-order valence-electron chi connectivity index (χ0n) is 20.9. The monoisotopic (exact) mass is 482 g/mol. The minimum Gasteiger partial charge on any atom is -0.480 e. The van der Waals surface area contributed by atoms with Gasteiger partial charge >= 0.3 is 12.1 Å². The highest BCUT2D eigenvalue weighted by atomic mass is 16.6. The third-order valence-electron chi connectivity index (χ3n) is 5.87. The molecule has 0 aliphatic carbocycles. The van der Waals surface area contributed by atoms with Crippen LogP contribution in [-0.4, -0.2) is 84.4 Å². The van der Waals surface area contributed by atoms with E-state index < -0.39 is 23.7 Å². The first kappa shape index (κ1) is 26.7. The molecule has 2 saturated heterocycles. The summed E-state index contributed by atoms with van der Waals surface area (Å²) in [4.78, 5) is 26.4. The number of carbonyl (C=O) groups is 2. The quantitative estimate of drug-likeness (QED) is 0.617. The fourth-order valence-electron chi connectivity index (χ4n) is 4.23. The molecule has 0 radical (unpaired) electrons. The highest BCUT2D eigenvalue weighted by Gasteiger charge is 2.30. The summed E-state index contributed by atoms with van der Waals surface area (Å²) in [5, 5.41) is 15.1. The molecule has 8 nitrogen and oxygen atoms in total. The van der Waals surface area contributed by atoms with Crippen molar-refractivity contribution in [2.45, 2.75) is 38.5 Å². The van der Waals surface area contributed by atoms with E-state index in [-0.39, 0.29) is 6.54 Å². The molecule has 190 valence electrons. The Morgan fingerprint density at radius 3 is 1.94 bits per heavy atom. The van der Waals surface area contributed by atoms with Crippen molar-refractivity contribution < 1.29 is 19.4 Å². The third kappa shape index (κ3) is 8.35. The van der Waals surface area contributed by atoms with E-state index in [1.165, 1.54) is 16.0 Å². The Balaban J connectivity index is 0.000000199. The van der Waals surface area contributed by atoms with E-state index >= 15 is 0 Å². The minimum atomic E-state index is -0.951. The molecule has 0 spiro atoms. The average molecular weight is 483 g/mol. The van der Waals surface area contributed by atoms with Crippen LogP contribution < -0.4 is 10.6 Å². The molecule has 2 aliphatic heterocycles. The smallest absolute Gasteiger partial charge is 0.410 e. The Morgan fingerprint density at radius 1 is 0.914 bits per heavy atom. The molecule has 0 saturated carbocycles. The molecule has 1 atom stereocenters. The lowest BCUT2D eigenvalue weighted by Crippen LogP contribution is -2.56. The Bertz CT molecular complexity index is 888. The lowest BCUT2D eigenvalue weighted by atomic mass is 9.96. The van der Waals surface area contributed by atoms with Gasteiger partial charge in [0.1, 0.15) is 11.6 Å². The highest BCUT2D eigenvalue weighted by Crippen LogP contribution is 2.28. The van der Waals surface area contributed by atoms with E-state index in [1.807, 2.05) is 0 Å². The van der Waals surface area contributed by atoms with Crippen molar-refractivity contribution in [2.75, 3.05) is 45.8 Å². The van der Waals surface area contributed by atoms with Crippen LogP contribution in [0.3, 0.4) is 0 Å². The van der Waals surface area contributed by atoms with Crippen LogP contribution in [0, 0.1) is 0 Å². The molecule has 1 amide bonds. The van der Waals surface area contributed by atoms with Gasteiger partial charge in [-0.05, 0) is 31.9 Å². The van der Waals surface area contributed by atoms with Crippen molar-refractivity contribution in [1.82, 2.24) is 20.4 Å². The van der Waals surface area contributed by atoms with E-state index in [0.717, 1.165) is 26.2 Å². The Kier molecular flexibility index (Phi) is 9.65. The predicted octanol–water partition coefficient (Wildman–Crippen LogP) is 2.96. The van der Waals surface area contributed by atoms with Gasteiger partial charge in [0.05, 0.1) is 12.6 Å². The van der Waals surface area contributed by atoms with Crippen LogP contribution in [0.5, 0.6) is 0 Å². The molecule has 2 aromatic rings. The number of ether oxygens (including phenoxy) is 1. The number of carboxylic acids is 1. The highest BCUT2D eigenvalue weighted by molar-refractivity contribution is 5.76. The zero-order chi connectivity index (χ0) is 25.3. The number of nitrogens with zero attached hydrogens (tertiary/aromatic N) is 2. The fraction of sp³-hybridized carbons (Fsp3) is 0.481. The van der Waals surface area contributed by atoms with Crippen LogP contribution in [0.2, 0.25) is 0 Å². The maximum Gasteiger partial charge on any atom is 0.410 e. The second kappa shape index (κ2) is 12.7. The molecule has 2 fully saturated rings. The molecule has 8 heteroatoms. The maximum absolute atomic E-state index is 11.7. The molecular weight excluding hydrogens is 444 g/mol. The summed E-state index contributed by atoms with van der Waals surface area (Å²) in [5.41, 5.74) is 2.21. The van der Waals surface area contributed by atoms with Gasteiger partial charge in [0.15, 0.2) is 0 Å². The summed E-state index contributed by atoms with van der Waals surface area (Å²) < 4.78 is 5.17. The van der Waals surface area contributed by atoms with Crippen molar-refractivity contribution in [3.05, 3.63) is 71.8 Å². The van der Waals surface area contributed by atoms with E-state index in [0.29, 0.717) is 19.1 Å². The summed E-state index contributed by atoms with van der Waals surface area (Å²) in [6.45, 7) is 10.8. The van der Waals surface area contributed by atoms with E-state index in [9.17, 15) is 9.59 Å². The van der Waals surface area contributed by atoms with E-state index in [1.54, 1.807) is 20.8 Å². The predicted molar refractivity (Wildman–Crippen MR) is 136 cm³/mol. The summed E-state index contributed by atoms with van der Waals surface area (Å²) in [5.74, 6) is -0.951. The molecule has 2 aromatic carbocycles. The SMILES string of the molecule is CC(C)(C)OC(=O)N1CCNC(C(=O)O)C1.c1ccc(C(c2ccccc2)N2CCNCC2)cc1. The number of aliphatic carboxylic acids is 1. The summed E-state index contributed by atoms with van der Waals surface area (Å²) >= 11 is 0. The van der Waals surface area contributed by atoms with Gasteiger partial charge in [-0.3, -0.25) is 9.69 Å². The Hall–Kier alpha value is -2.94. The van der Waals surface area contributed by atoms with Crippen LogP contribution >= 0.6 is 0 Å². The van der Waals surface area contributed by atoms with Gasteiger partial charge in [-0.1, -0.05) is 60.7 Å². The van der Waals surface area contributed by atoms with Crippen molar-refractivity contribution in [3.63, 3.8) is 0 Å². The first-order chi connectivity index (χ1) is 16.7. The van der Waals surface area contributed by atoms with Gasteiger partial charge in [0.25, 0.3) is 0 Å². The third-order valence-corrected chi connectivity index (χ3v) is 5.87. The number of hydrogen-bond donors (Lipinski definition) is 3. The fourth-order valence-corrected chi connectivity index (χ4v) is 4.23. The van der Waals surface area contributed by atoms with Crippen LogP contribution in [0.4, 0.5) is 4.79 Å². The Labute approximate surface area is 208 Å². The standard InChI is InChI=1S/C17H20N2.C10H18N2O4/c1-3-7-15(8-4-1)17(16-9-5-2-6-10-16)19-13-11-18-12-14-19;1-10(2,3)16-9(15)12-5-4-11-7(6-12)8(13)14/h1-10,17-18H,11-14H2;7,11H,4-6H2,1-3H3,(H,13,14). The number of amides is 1. The second-order valence-electron chi connectivity index (χ2n) is 9.78. The van der Waals surface area contributed by atoms with Crippen molar-refractivity contribution in [3.8, 4) is 0 Å². The van der Waals surface area contributed by atoms with Crippen LogP contribution in [0.1, 0.15) is 37.9 Å². The largest absolute Gasteiger partial charge is 0.480 e. The van der Waals surface area contributed by atoms with Gasteiger partial charge in [-0.15, -0.1) is 0 Å². The zero-order valence-corrected chi connectivity index (χ0v) is 20.9. The second-order valence-corrected chi connectivity index (χ2v) is 9.78. The van der Waals surface area contributed by atoms with Gasteiger partial charge in [0, 0.05) is 39.3 Å². The van der Waals surface area contributed by atoms with E-state index in [4.69, 9.17) is 9.84 Å². The lowest BCUT2D eigenvalue weighted by molar-refractivity contribution is -0.140. The summed E-state index contributed by atoms with van der Waals surface area (Å²) in [7, 11) is 0. The Morgan fingerprint density at radius 2 is 1.46 bits per heavy atom. The van der Waals surface area contributed by atoms with E-state index in [2.05, 4.69) is 76.2 Å². The number of benzene rings is 2. The van der Waals surface area contributed by atoms with Crippen LogP contribution in [0.15, 0.2) is 60.7 Å². The summed E-state index contributed by atoms with van der Waals surface area (Å²) in [6, 6.07) is 21.3. The number of hydrogen-bond acceptors (Lipinski definition) is 6. The van der Waals surface area contributed by atoms with Gasteiger partial charge in [0.2, 0.25) is 0 Å². The number of rotatable bonds is 4. The summed E-state index contributed by atoms with van der Waals surface area (Å²) in [6.07, 6.45) is -0.458. The number of carbonyl (C=O) groups excluding carboxylic acids is 1. The van der Waals surface area contributed by atoms with Crippen molar-refractivity contribution >= 4 is 12.1 Å². The number of piperazine rings is 2. The van der Waals surface area contributed by atoms with Gasteiger partial charge in [-0.25, -0.2) is 4.79 Å². The molecule has 0 aromatic heterocycles. The molecule has 2 aliphatic rings. The number of nitrogens with one attached hydrogen (secondary N) is 2. The molecule has 4 rings (SSSR count). The normalized spacial score (nSPS) is 19.0. The minimum absolute atomic E-state index is 0.143. The van der Waals surface area contributed by atoms with Crippen LogP contribution in [-0.2, 0) is 9.53 Å².